The van der Waals surface area contributed by atoms with Crippen molar-refractivity contribution in [2.75, 3.05) is 0 Å². The average Bonchev–Trinajstić information content (AvgIpc) is 3.12. The highest BCUT2D eigenvalue weighted by Crippen LogP contribution is 2.25. The first-order valence-electron chi connectivity index (χ1n) is 8.97. The molecule has 0 atom stereocenters. The second-order valence-electron chi connectivity index (χ2n) is 6.59. The van der Waals surface area contributed by atoms with E-state index in [1.54, 1.807) is 12.1 Å². The molecule has 0 radical (unpaired) electrons. The van der Waals surface area contributed by atoms with Crippen molar-refractivity contribution in [3.8, 4) is 11.3 Å². The first kappa shape index (κ1) is 17.7. The van der Waals surface area contributed by atoms with E-state index in [-0.39, 0.29) is 5.91 Å². The Hall–Kier alpha value is -3.73. The molecule has 0 saturated heterocycles. The number of hydrogen-bond acceptors (Lipinski definition) is 4. The van der Waals surface area contributed by atoms with E-state index >= 15 is 0 Å². The lowest BCUT2D eigenvalue weighted by Gasteiger charge is -2.09. The minimum absolute atomic E-state index is 0.300. The number of aryl methyl sites for hydroxylation is 2. The fraction of sp³-hybridized carbons (Fsp3) is 0.0870. The summed E-state index contributed by atoms with van der Waals surface area (Å²) in [5.74, 6) is 1.07. The molecule has 0 aliphatic rings. The lowest BCUT2D eigenvalue weighted by molar-refractivity contribution is 0.0956. The van der Waals surface area contributed by atoms with Gasteiger partial charge in [0, 0.05) is 10.9 Å². The third-order valence-electron chi connectivity index (χ3n) is 4.43. The molecular formula is C23H19N3O2. The molecule has 0 spiro atoms. The van der Waals surface area contributed by atoms with Crippen LogP contribution in [0.2, 0.25) is 0 Å². The number of fused-ring (bicyclic) bond motifs is 1. The Morgan fingerprint density at radius 1 is 1.04 bits per heavy atom. The zero-order valence-corrected chi connectivity index (χ0v) is 15.6. The lowest BCUT2D eigenvalue weighted by Crippen LogP contribution is -2.18. The Morgan fingerprint density at radius 2 is 1.82 bits per heavy atom. The van der Waals surface area contributed by atoms with Crippen molar-refractivity contribution >= 4 is 23.0 Å². The minimum Gasteiger partial charge on any atom is -0.460 e. The Kier molecular flexibility index (Phi) is 4.72. The molecule has 4 rings (SSSR count). The Labute approximate surface area is 162 Å². The number of carbonyl (C=O) groups is 1. The van der Waals surface area contributed by atoms with Gasteiger partial charge in [0.1, 0.15) is 11.5 Å². The summed E-state index contributed by atoms with van der Waals surface area (Å²) in [4.78, 5) is 17.5. The smallest absolute Gasteiger partial charge is 0.272 e. The molecular weight excluding hydrogens is 350 g/mol. The van der Waals surface area contributed by atoms with Crippen molar-refractivity contribution in [3.63, 3.8) is 0 Å². The highest BCUT2D eigenvalue weighted by molar-refractivity contribution is 6.07. The van der Waals surface area contributed by atoms with Crippen LogP contribution in [0.1, 0.15) is 27.4 Å². The highest BCUT2D eigenvalue weighted by Gasteiger charge is 2.13. The molecule has 4 aromatic rings. The molecule has 0 fully saturated rings. The number of pyridine rings is 1. The normalized spacial score (nSPS) is 11.2. The van der Waals surface area contributed by atoms with E-state index in [1.165, 1.54) is 11.8 Å². The van der Waals surface area contributed by atoms with Crippen molar-refractivity contribution in [1.29, 1.82) is 0 Å². The van der Waals surface area contributed by atoms with Crippen LogP contribution >= 0.6 is 0 Å². The van der Waals surface area contributed by atoms with Crippen LogP contribution in [0, 0.1) is 13.8 Å². The number of nitrogens with one attached hydrogen (secondary N) is 1. The van der Waals surface area contributed by atoms with Crippen LogP contribution < -0.4 is 5.43 Å². The van der Waals surface area contributed by atoms with Crippen LogP contribution in [0.25, 0.3) is 22.2 Å². The van der Waals surface area contributed by atoms with Crippen molar-refractivity contribution in [2.24, 2.45) is 5.10 Å². The first-order valence-corrected chi connectivity index (χ1v) is 8.97. The predicted molar refractivity (Wildman–Crippen MR) is 110 cm³/mol. The van der Waals surface area contributed by atoms with E-state index in [9.17, 15) is 4.79 Å². The minimum atomic E-state index is -0.300. The third-order valence-corrected chi connectivity index (χ3v) is 4.43. The van der Waals surface area contributed by atoms with Crippen LogP contribution in [0.5, 0.6) is 0 Å². The molecule has 0 aliphatic carbocycles. The molecule has 0 bridgehead atoms. The molecule has 28 heavy (non-hydrogen) atoms. The van der Waals surface area contributed by atoms with Crippen molar-refractivity contribution in [1.82, 2.24) is 10.4 Å². The number of benzene rings is 2. The van der Waals surface area contributed by atoms with Gasteiger partial charge in [0.2, 0.25) is 0 Å². The molecule has 2 aromatic carbocycles. The van der Waals surface area contributed by atoms with Gasteiger partial charge in [0.25, 0.3) is 5.91 Å². The van der Waals surface area contributed by atoms with E-state index in [1.807, 2.05) is 68.4 Å². The van der Waals surface area contributed by atoms with Gasteiger partial charge < -0.3 is 4.42 Å². The average molecular weight is 369 g/mol. The number of para-hydroxylation sites is 1. The molecule has 1 N–H and O–H groups in total. The Bertz CT molecular complexity index is 1170. The Balaban J connectivity index is 1.69. The van der Waals surface area contributed by atoms with Crippen LogP contribution in [0.3, 0.4) is 0 Å². The maximum absolute atomic E-state index is 12.8. The molecule has 138 valence electrons. The molecule has 2 aromatic heterocycles. The van der Waals surface area contributed by atoms with Crippen molar-refractivity contribution < 1.29 is 9.21 Å². The lowest BCUT2D eigenvalue weighted by atomic mass is 10.0. The Morgan fingerprint density at radius 3 is 2.57 bits per heavy atom. The molecule has 0 aliphatic heterocycles. The number of nitrogens with zero attached hydrogens (tertiary/aromatic N) is 2. The first-order chi connectivity index (χ1) is 13.6. The van der Waals surface area contributed by atoms with Crippen LogP contribution in [0.4, 0.5) is 0 Å². The summed E-state index contributed by atoms with van der Waals surface area (Å²) in [6, 6.07) is 21.1. The number of amides is 1. The predicted octanol–water partition coefficient (Wildman–Crippen LogP) is 4.88. The van der Waals surface area contributed by atoms with E-state index < -0.39 is 0 Å². The quantitative estimate of drug-likeness (QED) is 0.412. The van der Waals surface area contributed by atoms with Crippen LogP contribution in [-0.2, 0) is 0 Å². The summed E-state index contributed by atoms with van der Waals surface area (Å²) in [7, 11) is 0. The zero-order valence-electron chi connectivity index (χ0n) is 15.6. The number of hydrazone groups is 1. The maximum Gasteiger partial charge on any atom is 0.272 e. The van der Waals surface area contributed by atoms with Crippen LogP contribution in [-0.4, -0.2) is 17.1 Å². The monoisotopic (exact) mass is 369 g/mol. The summed E-state index contributed by atoms with van der Waals surface area (Å²) in [6.07, 6.45) is 1.48. The summed E-state index contributed by atoms with van der Waals surface area (Å²) in [5, 5.41) is 4.79. The van der Waals surface area contributed by atoms with Gasteiger partial charge in [-0.15, -0.1) is 0 Å². The second-order valence-corrected chi connectivity index (χ2v) is 6.59. The van der Waals surface area contributed by atoms with Gasteiger partial charge in [0.05, 0.1) is 23.0 Å². The van der Waals surface area contributed by atoms with Gasteiger partial charge in [-0.3, -0.25) is 4.79 Å². The van der Waals surface area contributed by atoms with Gasteiger partial charge in [0.15, 0.2) is 0 Å². The molecule has 0 saturated carbocycles. The van der Waals surface area contributed by atoms with E-state index in [0.717, 1.165) is 27.9 Å². The summed E-state index contributed by atoms with van der Waals surface area (Å²) in [6.45, 7) is 3.89. The summed E-state index contributed by atoms with van der Waals surface area (Å²) >= 11 is 0. The number of furan rings is 1. The van der Waals surface area contributed by atoms with Gasteiger partial charge in [-0.2, -0.15) is 5.10 Å². The molecule has 0 unspecified atom stereocenters. The van der Waals surface area contributed by atoms with E-state index in [0.29, 0.717) is 11.3 Å². The number of carbonyl (C=O) groups excluding carboxylic acids is 1. The topological polar surface area (TPSA) is 67.5 Å². The van der Waals surface area contributed by atoms with Crippen molar-refractivity contribution in [3.05, 3.63) is 89.4 Å². The van der Waals surface area contributed by atoms with Gasteiger partial charge in [-0.05, 0) is 38.1 Å². The fourth-order valence-electron chi connectivity index (χ4n) is 2.97. The van der Waals surface area contributed by atoms with Gasteiger partial charge >= 0.3 is 0 Å². The third kappa shape index (κ3) is 3.69. The number of hydrogen-bond donors (Lipinski definition) is 1. The van der Waals surface area contributed by atoms with Gasteiger partial charge in [-0.1, -0.05) is 48.0 Å². The summed E-state index contributed by atoms with van der Waals surface area (Å²) in [5.41, 5.74) is 6.74. The zero-order chi connectivity index (χ0) is 19.5. The maximum atomic E-state index is 12.8. The number of aromatic nitrogens is 1. The number of rotatable bonds is 4. The van der Waals surface area contributed by atoms with Crippen molar-refractivity contribution in [2.45, 2.75) is 13.8 Å². The molecule has 2 heterocycles. The summed E-state index contributed by atoms with van der Waals surface area (Å²) < 4.78 is 5.42. The second kappa shape index (κ2) is 7.48. The van der Waals surface area contributed by atoms with E-state index in [2.05, 4.69) is 10.5 Å². The highest BCUT2D eigenvalue weighted by atomic mass is 16.3. The fourth-order valence-corrected chi connectivity index (χ4v) is 2.97. The molecule has 5 nitrogen and oxygen atoms in total. The van der Waals surface area contributed by atoms with E-state index in [4.69, 9.17) is 9.40 Å². The standard InChI is InChI=1S/C23H19N3O2/c1-15-7-10-17(11-8-15)22-13-20(19-5-3-4-6-21(19)25-22)23(27)26-24-14-18-12-9-16(2)28-18/h3-14H,1-2H3,(H,26,27)/b24-14+. The van der Waals surface area contributed by atoms with Crippen LogP contribution in [0.15, 0.2) is 76.2 Å². The molecule has 1 amide bonds. The van der Waals surface area contributed by atoms with Gasteiger partial charge in [-0.25, -0.2) is 10.4 Å². The SMILES string of the molecule is Cc1ccc(-c2cc(C(=O)N/N=C/c3ccc(C)o3)c3ccccc3n2)cc1. The largest absolute Gasteiger partial charge is 0.460 e. The molecule has 5 heteroatoms.